The first-order chi connectivity index (χ1) is 8.34. The molecule has 0 unspecified atom stereocenters. The summed E-state index contributed by atoms with van der Waals surface area (Å²) in [4.78, 5) is 0. The van der Waals surface area contributed by atoms with Gasteiger partial charge in [-0.3, -0.25) is 0 Å². The van der Waals surface area contributed by atoms with Gasteiger partial charge in [0, 0.05) is 12.0 Å². The Morgan fingerprint density at radius 2 is 2.00 bits per heavy atom. The number of rotatable bonds is 3. The fourth-order valence-corrected chi connectivity index (χ4v) is 2.36. The molecule has 1 aliphatic carbocycles. The third-order valence-electron chi connectivity index (χ3n) is 3.41. The predicted octanol–water partition coefficient (Wildman–Crippen LogP) is 3.36. The van der Waals surface area contributed by atoms with Gasteiger partial charge < -0.3 is 10.5 Å². The fourth-order valence-electron chi connectivity index (χ4n) is 2.12. The maximum absolute atomic E-state index is 13.1. The van der Waals surface area contributed by atoms with Crippen molar-refractivity contribution in [3.05, 3.63) is 28.3 Å². The van der Waals surface area contributed by atoms with E-state index >= 15 is 0 Å². The van der Waals surface area contributed by atoms with Gasteiger partial charge in [0.15, 0.2) is 0 Å². The number of methoxy groups -OCH3 is 1. The molecule has 6 heteroatoms. The van der Waals surface area contributed by atoms with E-state index in [2.05, 4.69) is 0 Å². The van der Waals surface area contributed by atoms with Crippen LogP contribution in [0.4, 0.5) is 13.2 Å². The molecule has 0 atom stereocenters. The summed E-state index contributed by atoms with van der Waals surface area (Å²) in [6.45, 7) is 0.193. The summed E-state index contributed by atoms with van der Waals surface area (Å²) in [6.07, 6.45) is -3.11. The molecule has 0 radical (unpaired) electrons. The SMILES string of the molecule is COc1cc(C(F)(F)F)c(C2(CN)CC2)cc1Cl. The molecule has 18 heavy (non-hydrogen) atoms. The van der Waals surface area contributed by atoms with Crippen LogP contribution in [0.15, 0.2) is 12.1 Å². The molecule has 100 valence electrons. The molecule has 2 nitrogen and oxygen atoms in total. The largest absolute Gasteiger partial charge is 0.495 e. The Morgan fingerprint density at radius 3 is 2.39 bits per heavy atom. The Balaban J connectivity index is 2.61. The monoisotopic (exact) mass is 279 g/mol. The molecule has 2 rings (SSSR count). The van der Waals surface area contributed by atoms with Gasteiger partial charge in [-0.1, -0.05) is 11.6 Å². The second kappa shape index (κ2) is 4.31. The van der Waals surface area contributed by atoms with Crippen molar-refractivity contribution >= 4 is 11.6 Å². The first-order valence-electron chi connectivity index (χ1n) is 5.49. The van der Waals surface area contributed by atoms with E-state index in [4.69, 9.17) is 22.1 Å². The van der Waals surface area contributed by atoms with Crippen LogP contribution in [0.2, 0.25) is 5.02 Å². The highest BCUT2D eigenvalue weighted by Crippen LogP contribution is 2.52. The van der Waals surface area contributed by atoms with Crippen LogP contribution in [0.3, 0.4) is 0 Å². The van der Waals surface area contributed by atoms with Crippen LogP contribution in [0.1, 0.15) is 24.0 Å². The topological polar surface area (TPSA) is 35.2 Å². The van der Waals surface area contributed by atoms with Crippen LogP contribution in [0, 0.1) is 0 Å². The summed E-state index contributed by atoms with van der Waals surface area (Å²) in [6, 6.07) is 2.29. The molecule has 0 saturated heterocycles. The molecule has 0 bridgehead atoms. The van der Waals surface area contributed by atoms with Gasteiger partial charge >= 0.3 is 6.18 Å². The number of ether oxygens (including phenoxy) is 1. The normalized spacial score (nSPS) is 17.7. The minimum absolute atomic E-state index is 0.0283. The van der Waals surface area contributed by atoms with Crippen molar-refractivity contribution in [3.8, 4) is 5.75 Å². The molecule has 0 aliphatic heterocycles. The highest BCUT2D eigenvalue weighted by atomic mass is 35.5. The maximum Gasteiger partial charge on any atom is 0.416 e. The molecule has 0 amide bonds. The van der Waals surface area contributed by atoms with E-state index in [1.165, 1.54) is 13.2 Å². The van der Waals surface area contributed by atoms with Gasteiger partial charge in [0.2, 0.25) is 0 Å². The molecular weight excluding hydrogens is 267 g/mol. The van der Waals surface area contributed by atoms with Crippen molar-refractivity contribution in [2.24, 2.45) is 5.73 Å². The molecular formula is C12H13ClF3NO. The van der Waals surface area contributed by atoms with E-state index in [1.807, 2.05) is 0 Å². The van der Waals surface area contributed by atoms with Crippen molar-refractivity contribution < 1.29 is 17.9 Å². The zero-order chi connectivity index (χ0) is 13.6. The minimum Gasteiger partial charge on any atom is -0.495 e. The summed E-state index contributed by atoms with van der Waals surface area (Å²) in [5, 5.41) is 0.181. The van der Waals surface area contributed by atoms with Crippen LogP contribution in [0.25, 0.3) is 0 Å². The number of nitrogens with two attached hydrogens (primary N) is 1. The summed E-state index contributed by atoms with van der Waals surface area (Å²) in [5.74, 6) is 0.0283. The lowest BCUT2D eigenvalue weighted by atomic mass is 9.91. The Hall–Kier alpha value is -0.940. The first-order valence-corrected chi connectivity index (χ1v) is 5.87. The summed E-state index contributed by atoms with van der Waals surface area (Å²) in [7, 11) is 1.29. The zero-order valence-corrected chi connectivity index (χ0v) is 10.5. The van der Waals surface area contributed by atoms with Crippen LogP contribution in [-0.4, -0.2) is 13.7 Å². The maximum atomic E-state index is 13.1. The van der Waals surface area contributed by atoms with Gasteiger partial charge in [0.1, 0.15) is 5.75 Å². The molecule has 1 fully saturated rings. The number of hydrogen-bond acceptors (Lipinski definition) is 2. The van der Waals surface area contributed by atoms with Gasteiger partial charge in [0.05, 0.1) is 17.7 Å². The van der Waals surface area contributed by atoms with Crippen LogP contribution >= 0.6 is 11.6 Å². The standard InChI is InChI=1S/C12H13ClF3NO/c1-18-10-5-8(12(14,15)16)7(4-9(10)13)11(6-17)2-3-11/h4-5H,2-3,6,17H2,1H3. The Kier molecular flexibility index (Phi) is 3.23. The third kappa shape index (κ3) is 2.17. The number of benzene rings is 1. The fraction of sp³-hybridized carbons (Fsp3) is 0.500. The van der Waals surface area contributed by atoms with E-state index < -0.39 is 17.2 Å². The summed E-state index contributed by atoms with van der Waals surface area (Å²) >= 11 is 5.91. The van der Waals surface area contributed by atoms with Crippen molar-refractivity contribution in [2.75, 3.05) is 13.7 Å². The molecule has 0 spiro atoms. The molecule has 1 aromatic carbocycles. The van der Waals surface area contributed by atoms with E-state index in [1.54, 1.807) is 0 Å². The first kappa shape index (κ1) is 13.5. The van der Waals surface area contributed by atoms with Crippen LogP contribution in [-0.2, 0) is 11.6 Å². The van der Waals surface area contributed by atoms with E-state index in [9.17, 15) is 13.2 Å². The second-order valence-electron chi connectivity index (χ2n) is 4.51. The van der Waals surface area contributed by atoms with Gasteiger partial charge in [-0.2, -0.15) is 13.2 Å². The molecule has 1 aromatic rings. The average molecular weight is 280 g/mol. The lowest BCUT2D eigenvalue weighted by Crippen LogP contribution is -2.24. The lowest BCUT2D eigenvalue weighted by molar-refractivity contribution is -0.138. The molecule has 0 heterocycles. The van der Waals surface area contributed by atoms with Crippen molar-refractivity contribution in [3.63, 3.8) is 0 Å². The third-order valence-corrected chi connectivity index (χ3v) is 3.71. The molecule has 1 saturated carbocycles. The quantitative estimate of drug-likeness (QED) is 0.921. The smallest absolute Gasteiger partial charge is 0.416 e. The van der Waals surface area contributed by atoms with E-state index in [0.29, 0.717) is 12.8 Å². The van der Waals surface area contributed by atoms with E-state index in [0.717, 1.165) is 6.07 Å². The Morgan fingerprint density at radius 1 is 1.39 bits per heavy atom. The minimum atomic E-state index is -4.43. The average Bonchev–Trinajstić information content (AvgIpc) is 3.08. The Labute approximate surface area is 108 Å². The van der Waals surface area contributed by atoms with Gasteiger partial charge in [0.25, 0.3) is 0 Å². The summed E-state index contributed by atoms with van der Waals surface area (Å²) in [5.41, 5.74) is 4.50. The van der Waals surface area contributed by atoms with Gasteiger partial charge in [-0.15, -0.1) is 0 Å². The number of hydrogen-bond donors (Lipinski definition) is 1. The van der Waals surface area contributed by atoms with Gasteiger partial charge in [-0.25, -0.2) is 0 Å². The van der Waals surface area contributed by atoms with Crippen molar-refractivity contribution in [1.29, 1.82) is 0 Å². The van der Waals surface area contributed by atoms with Crippen LogP contribution < -0.4 is 10.5 Å². The van der Waals surface area contributed by atoms with E-state index in [-0.39, 0.29) is 22.9 Å². The lowest BCUT2D eigenvalue weighted by Gasteiger charge is -2.21. The predicted molar refractivity (Wildman–Crippen MR) is 63.0 cm³/mol. The van der Waals surface area contributed by atoms with Crippen molar-refractivity contribution in [2.45, 2.75) is 24.4 Å². The molecule has 0 aromatic heterocycles. The zero-order valence-electron chi connectivity index (χ0n) is 9.77. The Bertz CT molecular complexity index is 469. The van der Waals surface area contributed by atoms with Gasteiger partial charge in [-0.05, 0) is 30.5 Å². The molecule has 2 N–H and O–H groups in total. The van der Waals surface area contributed by atoms with Crippen LogP contribution in [0.5, 0.6) is 5.75 Å². The highest BCUT2D eigenvalue weighted by Gasteiger charge is 2.48. The number of alkyl halides is 3. The second-order valence-corrected chi connectivity index (χ2v) is 4.92. The highest BCUT2D eigenvalue weighted by molar-refractivity contribution is 6.32. The number of halogens is 4. The van der Waals surface area contributed by atoms with Crippen molar-refractivity contribution in [1.82, 2.24) is 0 Å². The molecule has 1 aliphatic rings. The summed E-state index contributed by atoms with van der Waals surface area (Å²) < 4.78 is 44.0.